The topological polar surface area (TPSA) is 96.5 Å². The molecule has 0 saturated heterocycles. The van der Waals surface area contributed by atoms with Gasteiger partial charge in [0, 0.05) is 0 Å². The van der Waals surface area contributed by atoms with E-state index in [1.54, 1.807) is 26.1 Å². The Morgan fingerprint density at radius 3 is 2.00 bits per heavy atom. The molecule has 25 heavy (non-hydrogen) atoms. The normalized spacial score (nSPS) is 11.4. The Morgan fingerprint density at radius 1 is 1.00 bits per heavy atom. The summed E-state index contributed by atoms with van der Waals surface area (Å²) in [5, 5.41) is 6.16. The first-order chi connectivity index (χ1) is 11.4. The highest BCUT2D eigenvalue weighted by atomic mass is 19.4. The molecule has 1 aromatic carbocycles. The molecule has 0 radical (unpaired) electrons. The molecule has 1 aromatic rings. The minimum absolute atomic E-state index is 0.0453. The third-order valence-electron chi connectivity index (χ3n) is 2.50. The second-order valence-corrected chi connectivity index (χ2v) is 5.90. The molecule has 138 valence electrons. The van der Waals surface area contributed by atoms with E-state index in [-0.39, 0.29) is 11.4 Å². The second kappa shape index (κ2) is 7.86. The van der Waals surface area contributed by atoms with Crippen molar-refractivity contribution < 1.29 is 32.3 Å². The highest BCUT2D eigenvalue weighted by Gasteiger charge is 2.39. The molecule has 0 spiro atoms. The van der Waals surface area contributed by atoms with Crippen molar-refractivity contribution in [2.45, 2.75) is 32.5 Å². The smallest absolute Gasteiger partial charge is 0.444 e. The van der Waals surface area contributed by atoms with Crippen LogP contribution in [0.5, 0.6) is 0 Å². The number of hydrogen-bond donors (Lipinski definition) is 3. The lowest BCUT2D eigenvalue weighted by Gasteiger charge is -2.19. The maximum atomic E-state index is 12.3. The Kier molecular flexibility index (Phi) is 6.37. The number of para-hydroxylation sites is 2. The Balaban J connectivity index is 2.66. The molecule has 7 nitrogen and oxygen atoms in total. The van der Waals surface area contributed by atoms with Crippen LogP contribution in [0.2, 0.25) is 0 Å². The van der Waals surface area contributed by atoms with Crippen LogP contribution in [0.4, 0.5) is 29.3 Å². The standard InChI is InChI=1S/C15H18F3N3O4/c1-14(2,3)25-13(24)19-8-11(22)20-9-6-4-5-7-10(9)21-12(23)15(16,17)18/h4-7H,8H2,1-3H3,(H,19,24)(H,20,22)(H,21,23). The lowest BCUT2D eigenvalue weighted by Crippen LogP contribution is -2.37. The lowest BCUT2D eigenvalue weighted by atomic mass is 10.2. The first kappa shape index (κ1) is 20.3. The summed E-state index contributed by atoms with van der Waals surface area (Å²) >= 11 is 0. The maximum Gasteiger partial charge on any atom is 0.471 e. The van der Waals surface area contributed by atoms with Gasteiger partial charge >= 0.3 is 18.2 Å². The molecule has 10 heteroatoms. The quantitative estimate of drug-likeness (QED) is 0.768. The molecular weight excluding hydrogens is 343 g/mol. The van der Waals surface area contributed by atoms with E-state index in [4.69, 9.17) is 4.74 Å². The number of ether oxygens (including phenoxy) is 1. The van der Waals surface area contributed by atoms with Crippen LogP contribution < -0.4 is 16.0 Å². The molecule has 0 aliphatic rings. The van der Waals surface area contributed by atoms with Crippen molar-refractivity contribution in [1.29, 1.82) is 0 Å². The fraction of sp³-hybridized carbons (Fsp3) is 0.400. The Morgan fingerprint density at radius 2 is 1.52 bits per heavy atom. The van der Waals surface area contributed by atoms with E-state index in [9.17, 15) is 27.6 Å². The van der Waals surface area contributed by atoms with Crippen molar-refractivity contribution in [1.82, 2.24) is 5.32 Å². The van der Waals surface area contributed by atoms with Crippen molar-refractivity contribution in [3.05, 3.63) is 24.3 Å². The van der Waals surface area contributed by atoms with Crippen LogP contribution in [0.25, 0.3) is 0 Å². The Labute approximate surface area is 141 Å². The molecule has 0 bridgehead atoms. The number of nitrogens with one attached hydrogen (secondary N) is 3. The number of alkyl carbamates (subject to hydrolysis) is 1. The van der Waals surface area contributed by atoms with E-state index in [0.29, 0.717) is 0 Å². The SMILES string of the molecule is CC(C)(C)OC(=O)NCC(=O)Nc1ccccc1NC(=O)C(F)(F)F. The zero-order chi connectivity index (χ0) is 19.3. The largest absolute Gasteiger partial charge is 0.471 e. The zero-order valence-corrected chi connectivity index (χ0v) is 13.8. The molecule has 0 aromatic heterocycles. The fourth-order valence-corrected chi connectivity index (χ4v) is 1.56. The zero-order valence-electron chi connectivity index (χ0n) is 13.8. The summed E-state index contributed by atoms with van der Waals surface area (Å²) in [5.41, 5.74) is -1.01. The van der Waals surface area contributed by atoms with E-state index in [1.807, 2.05) is 0 Å². The second-order valence-electron chi connectivity index (χ2n) is 5.90. The summed E-state index contributed by atoms with van der Waals surface area (Å²) in [6.07, 6.45) is -5.88. The van der Waals surface area contributed by atoms with E-state index in [0.717, 1.165) is 0 Å². The molecule has 0 saturated carbocycles. The number of halogens is 3. The number of rotatable bonds is 4. The maximum absolute atomic E-state index is 12.3. The van der Waals surface area contributed by atoms with E-state index >= 15 is 0 Å². The van der Waals surface area contributed by atoms with Gasteiger partial charge in [-0.25, -0.2) is 4.79 Å². The Hall–Kier alpha value is -2.78. The van der Waals surface area contributed by atoms with Crippen LogP contribution in [-0.4, -0.2) is 36.2 Å². The van der Waals surface area contributed by atoms with Crippen molar-refractivity contribution in [3.63, 3.8) is 0 Å². The van der Waals surface area contributed by atoms with Crippen molar-refractivity contribution in [2.24, 2.45) is 0 Å². The molecule has 3 N–H and O–H groups in total. The van der Waals surface area contributed by atoms with Gasteiger partial charge in [0.15, 0.2) is 0 Å². The van der Waals surface area contributed by atoms with Gasteiger partial charge in [0.1, 0.15) is 12.1 Å². The predicted octanol–water partition coefficient (Wildman–Crippen LogP) is 2.65. The highest BCUT2D eigenvalue weighted by molar-refractivity contribution is 6.02. The third-order valence-corrected chi connectivity index (χ3v) is 2.50. The monoisotopic (exact) mass is 361 g/mol. The van der Waals surface area contributed by atoms with Crippen molar-refractivity contribution in [2.75, 3.05) is 17.2 Å². The van der Waals surface area contributed by atoms with Gasteiger partial charge in [0.2, 0.25) is 5.91 Å². The van der Waals surface area contributed by atoms with Crippen LogP contribution in [0, 0.1) is 0 Å². The molecular formula is C15H18F3N3O4. The molecule has 3 amide bonds. The minimum atomic E-state index is -5.06. The fourth-order valence-electron chi connectivity index (χ4n) is 1.56. The molecule has 0 heterocycles. The number of alkyl halides is 3. The van der Waals surface area contributed by atoms with Gasteiger partial charge in [-0.1, -0.05) is 12.1 Å². The Bertz CT molecular complexity index is 654. The number of hydrogen-bond acceptors (Lipinski definition) is 4. The third kappa shape index (κ3) is 7.55. The molecule has 0 aliphatic carbocycles. The minimum Gasteiger partial charge on any atom is -0.444 e. The molecule has 1 rings (SSSR count). The van der Waals surface area contributed by atoms with Crippen LogP contribution in [0.1, 0.15) is 20.8 Å². The van der Waals surface area contributed by atoms with Gasteiger partial charge in [-0.15, -0.1) is 0 Å². The van der Waals surface area contributed by atoms with Crippen LogP contribution in [-0.2, 0) is 14.3 Å². The summed E-state index contributed by atoms with van der Waals surface area (Å²) in [6.45, 7) is 4.47. The number of amides is 3. The number of anilines is 2. The van der Waals surface area contributed by atoms with Gasteiger partial charge in [0.05, 0.1) is 11.4 Å². The average Bonchev–Trinajstić information content (AvgIpc) is 2.44. The summed E-state index contributed by atoms with van der Waals surface area (Å²) in [7, 11) is 0. The van der Waals surface area contributed by atoms with E-state index in [1.165, 1.54) is 24.3 Å². The molecule has 0 fully saturated rings. The first-order valence-corrected chi connectivity index (χ1v) is 7.12. The highest BCUT2D eigenvalue weighted by Crippen LogP contribution is 2.24. The van der Waals surface area contributed by atoms with Gasteiger partial charge < -0.3 is 20.7 Å². The van der Waals surface area contributed by atoms with Gasteiger partial charge in [-0.05, 0) is 32.9 Å². The lowest BCUT2D eigenvalue weighted by molar-refractivity contribution is -0.167. The van der Waals surface area contributed by atoms with E-state index in [2.05, 4.69) is 10.6 Å². The van der Waals surface area contributed by atoms with Gasteiger partial charge in [-0.2, -0.15) is 13.2 Å². The number of carbonyl (C=O) groups is 3. The average molecular weight is 361 g/mol. The van der Waals surface area contributed by atoms with Gasteiger partial charge in [-0.3, -0.25) is 9.59 Å². The number of carbonyl (C=O) groups excluding carboxylic acids is 3. The summed E-state index contributed by atoms with van der Waals surface area (Å²) in [6, 6.07) is 5.35. The molecule has 0 unspecified atom stereocenters. The summed E-state index contributed by atoms with van der Waals surface area (Å²) in [5.74, 6) is -2.87. The first-order valence-electron chi connectivity index (χ1n) is 7.12. The molecule has 0 atom stereocenters. The van der Waals surface area contributed by atoms with E-state index < -0.39 is 36.2 Å². The van der Waals surface area contributed by atoms with Crippen molar-refractivity contribution >= 4 is 29.3 Å². The van der Waals surface area contributed by atoms with Crippen LogP contribution >= 0.6 is 0 Å². The predicted molar refractivity (Wildman–Crippen MR) is 84.0 cm³/mol. The van der Waals surface area contributed by atoms with Gasteiger partial charge in [0.25, 0.3) is 0 Å². The van der Waals surface area contributed by atoms with Crippen LogP contribution in [0.15, 0.2) is 24.3 Å². The summed E-state index contributed by atoms with van der Waals surface area (Å²) < 4.78 is 41.9. The van der Waals surface area contributed by atoms with Crippen LogP contribution in [0.3, 0.4) is 0 Å². The summed E-state index contributed by atoms with van der Waals surface area (Å²) in [4.78, 5) is 34.2. The van der Waals surface area contributed by atoms with Crippen molar-refractivity contribution in [3.8, 4) is 0 Å². The molecule has 0 aliphatic heterocycles. The number of benzene rings is 1.